The minimum absolute atomic E-state index is 0.274. The fraction of sp³-hybridized carbons (Fsp3) is 0.300. The Morgan fingerprint density at radius 3 is 2.46 bits per heavy atom. The third kappa shape index (κ3) is 3.83. The lowest BCUT2D eigenvalue weighted by molar-refractivity contribution is -0.134. The first-order valence-electron chi connectivity index (χ1n) is 8.62. The smallest absolute Gasteiger partial charge is 0.240 e. The highest BCUT2D eigenvalue weighted by atomic mass is 35.5. The van der Waals surface area contributed by atoms with E-state index in [1.54, 1.807) is 18.2 Å². The molecule has 5 nitrogen and oxygen atoms in total. The third-order valence-corrected chi connectivity index (χ3v) is 4.82. The van der Waals surface area contributed by atoms with Crippen LogP contribution in [0.2, 0.25) is 5.02 Å². The van der Waals surface area contributed by atoms with Crippen molar-refractivity contribution in [1.29, 1.82) is 0 Å². The van der Waals surface area contributed by atoms with Crippen molar-refractivity contribution >= 4 is 29.1 Å². The van der Waals surface area contributed by atoms with Gasteiger partial charge in [0.15, 0.2) is 0 Å². The van der Waals surface area contributed by atoms with Crippen LogP contribution in [0.1, 0.15) is 25.3 Å². The zero-order valence-corrected chi connectivity index (χ0v) is 15.3. The van der Waals surface area contributed by atoms with Gasteiger partial charge in [0.05, 0.1) is 12.3 Å². The Labute approximate surface area is 157 Å². The standard InChI is InChI=1S/C20H21ClN2O3/c1-2-26-17-10-6-5-9-16(17)23-19(25)20(11-12-20)18(24)22-13-14-7-3-4-8-15(14)21/h3-10H,2,11-13H2,1H3,(H,22,24)(H,23,25). The summed E-state index contributed by atoms with van der Waals surface area (Å²) in [5.74, 6) is 0.0146. The fourth-order valence-corrected chi connectivity index (χ4v) is 2.96. The molecule has 1 aliphatic rings. The first-order chi connectivity index (χ1) is 12.6. The monoisotopic (exact) mass is 372 g/mol. The maximum absolute atomic E-state index is 12.7. The zero-order chi connectivity index (χ0) is 18.6. The number of benzene rings is 2. The lowest BCUT2D eigenvalue weighted by atomic mass is 10.0. The SMILES string of the molecule is CCOc1ccccc1NC(=O)C1(C(=O)NCc2ccccc2Cl)CC1. The summed E-state index contributed by atoms with van der Waals surface area (Å²) in [5, 5.41) is 6.26. The van der Waals surface area contributed by atoms with Gasteiger partial charge in [0, 0.05) is 11.6 Å². The Balaban J connectivity index is 1.65. The van der Waals surface area contributed by atoms with Gasteiger partial charge in [0.1, 0.15) is 11.2 Å². The molecule has 2 aromatic rings. The first-order valence-corrected chi connectivity index (χ1v) is 8.99. The van der Waals surface area contributed by atoms with Crippen LogP contribution >= 0.6 is 11.6 Å². The van der Waals surface area contributed by atoms with Crippen molar-refractivity contribution in [3.63, 3.8) is 0 Å². The number of amides is 2. The normalized spacial score (nSPS) is 14.4. The van der Waals surface area contributed by atoms with Gasteiger partial charge in [0.25, 0.3) is 0 Å². The van der Waals surface area contributed by atoms with E-state index in [2.05, 4.69) is 10.6 Å². The predicted octanol–water partition coefficient (Wildman–Crippen LogP) is 3.77. The predicted molar refractivity (Wildman–Crippen MR) is 101 cm³/mol. The van der Waals surface area contributed by atoms with Gasteiger partial charge in [-0.05, 0) is 43.5 Å². The van der Waals surface area contributed by atoms with E-state index in [0.717, 1.165) is 5.56 Å². The van der Waals surface area contributed by atoms with E-state index in [1.807, 2.05) is 37.3 Å². The lowest BCUT2D eigenvalue weighted by Gasteiger charge is -2.17. The molecule has 0 aliphatic heterocycles. The van der Waals surface area contributed by atoms with Crippen LogP contribution in [0.15, 0.2) is 48.5 Å². The Hall–Kier alpha value is -2.53. The fourth-order valence-electron chi connectivity index (χ4n) is 2.76. The number of anilines is 1. The van der Waals surface area contributed by atoms with E-state index in [4.69, 9.17) is 16.3 Å². The highest BCUT2D eigenvalue weighted by molar-refractivity contribution is 6.31. The Morgan fingerprint density at radius 1 is 1.08 bits per heavy atom. The summed E-state index contributed by atoms with van der Waals surface area (Å²) in [7, 11) is 0. The van der Waals surface area contributed by atoms with Gasteiger partial charge in [0.2, 0.25) is 11.8 Å². The molecule has 1 aliphatic carbocycles. The van der Waals surface area contributed by atoms with Crippen molar-refractivity contribution in [2.24, 2.45) is 5.41 Å². The molecule has 2 N–H and O–H groups in total. The Bertz CT molecular complexity index is 818. The van der Waals surface area contributed by atoms with Crippen LogP contribution in [0.3, 0.4) is 0 Å². The van der Waals surface area contributed by atoms with Crippen LogP contribution in [0.5, 0.6) is 5.75 Å². The second-order valence-corrected chi connectivity index (χ2v) is 6.65. The molecule has 2 amide bonds. The van der Waals surface area contributed by atoms with Gasteiger partial charge < -0.3 is 15.4 Å². The first kappa shape index (κ1) is 18.3. The van der Waals surface area contributed by atoms with Crippen LogP contribution in [-0.4, -0.2) is 18.4 Å². The molecule has 0 saturated heterocycles. The van der Waals surface area contributed by atoms with Crippen molar-refractivity contribution in [2.45, 2.75) is 26.3 Å². The summed E-state index contributed by atoms with van der Waals surface area (Å²) in [4.78, 5) is 25.3. The van der Waals surface area contributed by atoms with Crippen molar-refractivity contribution in [3.05, 3.63) is 59.1 Å². The highest BCUT2D eigenvalue weighted by Crippen LogP contribution is 2.47. The van der Waals surface area contributed by atoms with E-state index in [0.29, 0.717) is 42.5 Å². The number of hydrogen-bond donors (Lipinski definition) is 2. The van der Waals surface area contributed by atoms with E-state index < -0.39 is 5.41 Å². The van der Waals surface area contributed by atoms with Crippen LogP contribution in [0, 0.1) is 5.41 Å². The summed E-state index contributed by atoms with van der Waals surface area (Å²) in [5.41, 5.74) is 0.380. The maximum atomic E-state index is 12.7. The second kappa shape index (κ2) is 7.79. The second-order valence-electron chi connectivity index (χ2n) is 6.24. The number of carbonyl (C=O) groups is 2. The number of para-hydroxylation sites is 2. The molecule has 0 bridgehead atoms. The molecule has 0 heterocycles. The number of carbonyl (C=O) groups excluding carboxylic acids is 2. The molecule has 26 heavy (non-hydrogen) atoms. The Morgan fingerprint density at radius 2 is 1.77 bits per heavy atom. The molecule has 0 aromatic heterocycles. The summed E-state index contributed by atoms with van der Waals surface area (Å²) in [6.45, 7) is 2.67. The summed E-state index contributed by atoms with van der Waals surface area (Å²) in [6.07, 6.45) is 1.06. The molecule has 3 rings (SSSR count). The van der Waals surface area contributed by atoms with E-state index in [1.165, 1.54) is 0 Å². The molecule has 6 heteroatoms. The van der Waals surface area contributed by atoms with Gasteiger partial charge >= 0.3 is 0 Å². The third-order valence-electron chi connectivity index (χ3n) is 4.45. The maximum Gasteiger partial charge on any atom is 0.240 e. The molecule has 0 radical (unpaired) electrons. The quantitative estimate of drug-likeness (QED) is 0.727. The molecule has 0 atom stereocenters. The highest BCUT2D eigenvalue weighted by Gasteiger charge is 2.56. The average Bonchev–Trinajstić information content (AvgIpc) is 3.45. The number of rotatable bonds is 7. The molecule has 2 aromatic carbocycles. The Kier molecular flexibility index (Phi) is 5.47. The van der Waals surface area contributed by atoms with Gasteiger partial charge in [-0.3, -0.25) is 9.59 Å². The van der Waals surface area contributed by atoms with Crippen LogP contribution in [0.25, 0.3) is 0 Å². The van der Waals surface area contributed by atoms with Crippen molar-refractivity contribution in [1.82, 2.24) is 5.32 Å². The number of ether oxygens (including phenoxy) is 1. The summed E-state index contributed by atoms with van der Waals surface area (Å²) in [6, 6.07) is 14.5. The topological polar surface area (TPSA) is 67.4 Å². The van der Waals surface area contributed by atoms with E-state index >= 15 is 0 Å². The van der Waals surface area contributed by atoms with Gasteiger partial charge in [-0.15, -0.1) is 0 Å². The molecule has 0 spiro atoms. The van der Waals surface area contributed by atoms with Crippen molar-refractivity contribution < 1.29 is 14.3 Å². The minimum Gasteiger partial charge on any atom is -0.492 e. The molecule has 1 saturated carbocycles. The summed E-state index contributed by atoms with van der Waals surface area (Å²) < 4.78 is 5.52. The average molecular weight is 373 g/mol. The van der Waals surface area contributed by atoms with Crippen molar-refractivity contribution in [2.75, 3.05) is 11.9 Å². The summed E-state index contributed by atoms with van der Waals surface area (Å²) >= 11 is 6.11. The molecule has 1 fully saturated rings. The number of nitrogens with one attached hydrogen (secondary N) is 2. The molecular formula is C20H21ClN2O3. The van der Waals surface area contributed by atoms with Crippen LogP contribution in [-0.2, 0) is 16.1 Å². The number of hydrogen-bond acceptors (Lipinski definition) is 3. The van der Waals surface area contributed by atoms with Gasteiger partial charge in [-0.2, -0.15) is 0 Å². The van der Waals surface area contributed by atoms with Gasteiger partial charge in [-0.1, -0.05) is 41.9 Å². The minimum atomic E-state index is -1.01. The molecular weight excluding hydrogens is 352 g/mol. The van der Waals surface area contributed by atoms with E-state index in [9.17, 15) is 9.59 Å². The van der Waals surface area contributed by atoms with E-state index in [-0.39, 0.29) is 11.8 Å². The molecule has 0 unspecified atom stereocenters. The number of halogens is 1. The van der Waals surface area contributed by atoms with Crippen LogP contribution < -0.4 is 15.4 Å². The largest absolute Gasteiger partial charge is 0.492 e. The molecule has 136 valence electrons. The van der Waals surface area contributed by atoms with Gasteiger partial charge in [-0.25, -0.2) is 0 Å². The van der Waals surface area contributed by atoms with Crippen LogP contribution in [0.4, 0.5) is 5.69 Å². The van der Waals surface area contributed by atoms with Crippen molar-refractivity contribution in [3.8, 4) is 5.75 Å². The zero-order valence-electron chi connectivity index (χ0n) is 14.5. The lowest BCUT2D eigenvalue weighted by Crippen LogP contribution is -2.39.